The highest BCUT2D eigenvalue weighted by Crippen LogP contribution is 2.36. The normalized spacial score (nSPS) is 22.4. The molecule has 1 aliphatic heterocycles. The van der Waals surface area contributed by atoms with Crippen molar-refractivity contribution in [2.24, 2.45) is 11.8 Å². The van der Waals surface area contributed by atoms with Crippen molar-refractivity contribution in [1.82, 2.24) is 9.47 Å². The Hall–Kier alpha value is -2.49. The summed E-state index contributed by atoms with van der Waals surface area (Å²) in [7, 11) is 1.69. The van der Waals surface area contributed by atoms with Gasteiger partial charge >= 0.3 is 0 Å². The van der Waals surface area contributed by atoms with E-state index in [1.54, 1.807) is 7.11 Å². The Bertz CT molecular complexity index is 1020. The predicted octanol–water partition coefficient (Wildman–Crippen LogP) is 4.84. The van der Waals surface area contributed by atoms with Crippen LogP contribution in [0.25, 0.3) is 21.8 Å². The summed E-state index contributed by atoms with van der Waals surface area (Å²) >= 11 is 0. The second kappa shape index (κ2) is 7.16. The highest BCUT2D eigenvalue weighted by atomic mass is 16.5. The number of hydrogen-bond acceptors (Lipinski definition) is 2. The summed E-state index contributed by atoms with van der Waals surface area (Å²) in [6, 6.07) is 14.5. The number of aromatic nitrogens is 1. The molecule has 2 aromatic carbocycles. The second-order valence-electron chi connectivity index (χ2n) is 8.42. The maximum Gasteiger partial charge on any atom is 0.242 e. The zero-order chi connectivity index (χ0) is 19.1. The van der Waals surface area contributed by atoms with Crippen LogP contribution < -0.4 is 4.74 Å². The van der Waals surface area contributed by atoms with E-state index in [-0.39, 0.29) is 5.91 Å². The Balaban J connectivity index is 1.47. The summed E-state index contributed by atoms with van der Waals surface area (Å²) in [4.78, 5) is 15.4. The molecule has 1 saturated heterocycles. The second-order valence-corrected chi connectivity index (χ2v) is 8.42. The topological polar surface area (TPSA) is 34.5 Å². The SMILES string of the molecule is COc1ccc2c3ccccc3n(CC(=O)N3CCC4CCCCC4C3)c2c1. The van der Waals surface area contributed by atoms with Crippen molar-refractivity contribution in [2.75, 3.05) is 20.2 Å². The molecule has 1 aliphatic carbocycles. The van der Waals surface area contributed by atoms with E-state index in [2.05, 4.69) is 39.8 Å². The smallest absolute Gasteiger partial charge is 0.242 e. The molecule has 1 amide bonds. The number of rotatable bonds is 3. The number of carbonyl (C=O) groups excluding carboxylic acids is 1. The summed E-state index contributed by atoms with van der Waals surface area (Å²) in [5.74, 6) is 2.63. The van der Waals surface area contributed by atoms with Gasteiger partial charge in [0, 0.05) is 35.4 Å². The van der Waals surface area contributed by atoms with Gasteiger partial charge in [0.25, 0.3) is 0 Å². The molecular formula is C24H28N2O2. The number of nitrogens with zero attached hydrogens (tertiary/aromatic N) is 2. The van der Waals surface area contributed by atoms with Crippen LogP contribution in [0.3, 0.4) is 0 Å². The van der Waals surface area contributed by atoms with Crippen LogP contribution in [0.2, 0.25) is 0 Å². The van der Waals surface area contributed by atoms with Crippen LogP contribution in [0.15, 0.2) is 42.5 Å². The summed E-state index contributed by atoms with van der Waals surface area (Å²) in [5.41, 5.74) is 2.19. The van der Waals surface area contributed by atoms with E-state index in [0.717, 1.165) is 35.8 Å². The highest BCUT2D eigenvalue weighted by Gasteiger charge is 2.33. The average Bonchev–Trinajstić information content (AvgIpc) is 3.06. The number of amides is 1. The van der Waals surface area contributed by atoms with Gasteiger partial charge in [-0.15, -0.1) is 0 Å². The minimum atomic E-state index is 0.245. The van der Waals surface area contributed by atoms with Gasteiger partial charge in [0.05, 0.1) is 12.6 Å². The third kappa shape index (κ3) is 2.95. The molecule has 0 N–H and O–H groups in total. The van der Waals surface area contributed by atoms with Crippen LogP contribution in [0.4, 0.5) is 0 Å². The van der Waals surface area contributed by atoms with Gasteiger partial charge in [-0.3, -0.25) is 4.79 Å². The molecule has 2 fully saturated rings. The molecule has 2 aliphatic rings. The largest absolute Gasteiger partial charge is 0.497 e. The fourth-order valence-corrected chi connectivity index (χ4v) is 5.39. The van der Waals surface area contributed by atoms with Gasteiger partial charge in [-0.1, -0.05) is 37.5 Å². The van der Waals surface area contributed by atoms with Crippen molar-refractivity contribution in [3.8, 4) is 5.75 Å². The maximum absolute atomic E-state index is 13.3. The van der Waals surface area contributed by atoms with Crippen molar-refractivity contribution in [1.29, 1.82) is 0 Å². The van der Waals surface area contributed by atoms with Gasteiger partial charge < -0.3 is 14.2 Å². The van der Waals surface area contributed by atoms with Crippen molar-refractivity contribution < 1.29 is 9.53 Å². The summed E-state index contributed by atoms with van der Waals surface area (Å²) < 4.78 is 7.61. The Labute approximate surface area is 166 Å². The number of para-hydroxylation sites is 1. The molecule has 28 heavy (non-hydrogen) atoms. The molecule has 3 aromatic rings. The quantitative estimate of drug-likeness (QED) is 0.655. The van der Waals surface area contributed by atoms with Gasteiger partial charge in [0.2, 0.25) is 5.91 Å². The first-order valence-corrected chi connectivity index (χ1v) is 10.6. The zero-order valence-electron chi connectivity index (χ0n) is 16.6. The number of fused-ring (bicyclic) bond motifs is 4. The molecule has 0 radical (unpaired) electrons. The van der Waals surface area contributed by atoms with Gasteiger partial charge in [0.15, 0.2) is 0 Å². The van der Waals surface area contributed by atoms with Crippen LogP contribution in [0, 0.1) is 11.8 Å². The monoisotopic (exact) mass is 376 g/mol. The van der Waals surface area contributed by atoms with E-state index in [1.165, 1.54) is 42.9 Å². The molecule has 0 spiro atoms. The number of benzene rings is 2. The molecule has 2 heterocycles. The third-order valence-corrected chi connectivity index (χ3v) is 6.92. The Kier molecular flexibility index (Phi) is 4.50. The van der Waals surface area contributed by atoms with Gasteiger partial charge in [0.1, 0.15) is 12.3 Å². The van der Waals surface area contributed by atoms with E-state index < -0.39 is 0 Å². The first kappa shape index (κ1) is 17.6. The first-order valence-electron chi connectivity index (χ1n) is 10.6. The van der Waals surface area contributed by atoms with Crippen LogP contribution in [0.5, 0.6) is 5.75 Å². The van der Waals surface area contributed by atoms with E-state index in [4.69, 9.17) is 4.74 Å². The molecule has 5 rings (SSSR count). The lowest BCUT2D eigenvalue weighted by Gasteiger charge is -2.41. The first-order chi connectivity index (χ1) is 13.7. The van der Waals surface area contributed by atoms with Gasteiger partial charge in [-0.25, -0.2) is 0 Å². The van der Waals surface area contributed by atoms with Crippen molar-refractivity contribution in [3.63, 3.8) is 0 Å². The van der Waals surface area contributed by atoms with Crippen LogP contribution >= 0.6 is 0 Å². The standard InChI is InChI=1S/C24H28N2O2/c1-28-19-10-11-21-20-8-4-5-9-22(20)26(23(21)14-19)16-24(27)25-13-12-17-6-2-3-7-18(17)15-25/h4-5,8-11,14,17-18H,2-3,6-7,12-13,15-16H2,1H3. The number of likely N-dealkylation sites (tertiary alicyclic amines) is 1. The maximum atomic E-state index is 13.3. The molecule has 1 saturated carbocycles. The number of hydrogen-bond donors (Lipinski definition) is 0. The summed E-state index contributed by atoms with van der Waals surface area (Å²) in [6.45, 7) is 2.26. The van der Waals surface area contributed by atoms with E-state index in [1.807, 2.05) is 12.1 Å². The molecule has 2 unspecified atom stereocenters. The van der Waals surface area contributed by atoms with Crippen molar-refractivity contribution >= 4 is 27.7 Å². The molecule has 4 heteroatoms. The minimum Gasteiger partial charge on any atom is -0.497 e. The number of carbonyl (C=O) groups is 1. The summed E-state index contributed by atoms with van der Waals surface area (Å²) in [5, 5.41) is 2.37. The molecular weight excluding hydrogens is 348 g/mol. The molecule has 0 bridgehead atoms. The highest BCUT2D eigenvalue weighted by molar-refractivity contribution is 6.09. The molecule has 146 valence electrons. The van der Waals surface area contributed by atoms with E-state index in [9.17, 15) is 4.79 Å². The van der Waals surface area contributed by atoms with Crippen LogP contribution in [-0.4, -0.2) is 35.6 Å². The van der Waals surface area contributed by atoms with Crippen LogP contribution in [-0.2, 0) is 11.3 Å². The number of ether oxygens (including phenoxy) is 1. The van der Waals surface area contributed by atoms with Gasteiger partial charge in [-0.2, -0.15) is 0 Å². The zero-order valence-corrected chi connectivity index (χ0v) is 16.6. The Morgan fingerprint density at radius 3 is 2.64 bits per heavy atom. The minimum absolute atomic E-state index is 0.245. The molecule has 1 aromatic heterocycles. The number of piperidine rings is 1. The lowest BCUT2D eigenvalue weighted by Crippen LogP contribution is -2.45. The number of methoxy groups -OCH3 is 1. The predicted molar refractivity (Wildman–Crippen MR) is 113 cm³/mol. The molecule has 4 nitrogen and oxygen atoms in total. The van der Waals surface area contributed by atoms with Gasteiger partial charge in [-0.05, 0) is 42.9 Å². The average molecular weight is 377 g/mol. The Morgan fingerprint density at radius 2 is 1.79 bits per heavy atom. The lowest BCUT2D eigenvalue weighted by atomic mass is 9.75. The fourth-order valence-electron chi connectivity index (χ4n) is 5.39. The van der Waals surface area contributed by atoms with E-state index >= 15 is 0 Å². The summed E-state index contributed by atoms with van der Waals surface area (Å²) in [6.07, 6.45) is 6.53. The lowest BCUT2D eigenvalue weighted by molar-refractivity contribution is -0.134. The van der Waals surface area contributed by atoms with Crippen molar-refractivity contribution in [3.05, 3.63) is 42.5 Å². The third-order valence-electron chi connectivity index (χ3n) is 6.92. The fraction of sp³-hybridized carbons (Fsp3) is 0.458. The van der Waals surface area contributed by atoms with Crippen LogP contribution in [0.1, 0.15) is 32.1 Å². The van der Waals surface area contributed by atoms with E-state index in [0.29, 0.717) is 12.5 Å². The Morgan fingerprint density at radius 1 is 1.00 bits per heavy atom. The van der Waals surface area contributed by atoms with Crippen molar-refractivity contribution in [2.45, 2.75) is 38.6 Å². The molecule has 2 atom stereocenters.